The summed E-state index contributed by atoms with van der Waals surface area (Å²) in [5.41, 5.74) is 1.29. The molecule has 0 unspecified atom stereocenters. The van der Waals surface area contributed by atoms with Crippen molar-refractivity contribution in [2.45, 2.75) is 20.3 Å². The second kappa shape index (κ2) is 7.04. The van der Waals surface area contributed by atoms with Crippen LogP contribution in [-0.4, -0.2) is 16.5 Å². The van der Waals surface area contributed by atoms with Gasteiger partial charge >= 0.3 is 0 Å². The molecular formula is C15H16BrN5. The third-order valence-corrected chi connectivity index (χ3v) is 3.30. The Kier molecular flexibility index (Phi) is 5.12. The van der Waals surface area contributed by atoms with Crippen LogP contribution in [0.3, 0.4) is 0 Å². The average molecular weight is 346 g/mol. The van der Waals surface area contributed by atoms with E-state index in [2.05, 4.69) is 42.6 Å². The largest absolute Gasteiger partial charge is 0.370 e. The number of hydrogen-bond acceptors (Lipinski definition) is 5. The summed E-state index contributed by atoms with van der Waals surface area (Å²) in [6, 6.07) is 9.52. The van der Waals surface area contributed by atoms with Crippen molar-refractivity contribution in [3.05, 3.63) is 40.1 Å². The van der Waals surface area contributed by atoms with E-state index in [0.717, 1.165) is 34.8 Å². The van der Waals surface area contributed by atoms with Crippen molar-refractivity contribution in [3.8, 4) is 6.07 Å². The minimum Gasteiger partial charge on any atom is -0.370 e. The van der Waals surface area contributed by atoms with Gasteiger partial charge in [-0.3, -0.25) is 0 Å². The molecule has 2 rings (SSSR count). The fourth-order valence-corrected chi connectivity index (χ4v) is 2.21. The fraction of sp³-hybridized carbons (Fsp3) is 0.267. The second-order valence-corrected chi connectivity index (χ2v) is 5.28. The third kappa shape index (κ3) is 3.92. The van der Waals surface area contributed by atoms with Gasteiger partial charge in [0.25, 0.3) is 0 Å². The van der Waals surface area contributed by atoms with E-state index in [4.69, 9.17) is 0 Å². The predicted molar refractivity (Wildman–Crippen MR) is 87.7 cm³/mol. The molecule has 0 saturated carbocycles. The van der Waals surface area contributed by atoms with Gasteiger partial charge in [0.15, 0.2) is 0 Å². The zero-order valence-corrected chi connectivity index (χ0v) is 13.5. The lowest BCUT2D eigenvalue weighted by Crippen LogP contribution is -2.06. The van der Waals surface area contributed by atoms with Crippen LogP contribution in [0.15, 0.2) is 28.7 Å². The van der Waals surface area contributed by atoms with Crippen LogP contribution in [0.4, 0.5) is 17.3 Å². The van der Waals surface area contributed by atoms with Crippen LogP contribution >= 0.6 is 15.9 Å². The number of benzene rings is 1. The zero-order valence-electron chi connectivity index (χ0n) is 11.9. The summed E-state index contributed by atoms with van der Waals surface area (Å²) in [6.07, 6.45) is 0.749. The molecule has 108 valence electrons. The molecule has 2 N–H and O–H groups in total. The Labute approximate surface area is 132 Å². The maximum Gasteiger partial charge on any atom is 0.136 e. The lowest BCUT2D eigenvalue weighted by atomic mass is 10.2. The van der Waals surface area contributed by atoms with Crippen molar-refractivity contribution in [1.29, 1.82) is 5.26 Å². The summed E-state index contributed by atoms with van der Waals surface area (Å²) in [6.45, 7) is 4.82. The van der Waals surface area contributed by atoms with Crippen LogP contribution in [0.5, 0.6) is 0 Å². The van der Waals surface area contributed by atoms with E-state index in [1.807, 2.05) is 32.0 Å². The third-order valence-electron chi connectivity index (χ3n) is 2.81. The van der Waals surface area contributed by atoms with E-state index in [1.54, 1.807) is 6.07 Å². The predicted octanol–water partition coefficient (Wildman–Crippen LogP) is 3.85. The highest BCUT2D eigenvalue weighted by Gasteiger charge is 2.07. The molecule has 0 fully saturated rings. The van der Waals surface area contributed by atoms with Crippen molar-refractivity contribution in [1.82, 2.24) is 9.97 Å². The van der Waals surface area contributed by atoms with Crippen molar-refractivity contribution in [3.63, 3.8) is 0 Å². The molecule has 1 heterocycles. The molecule has 0 spiro atoms. The maximum atomic E-state index is 9.20. The Bertz CT molecular complexity index is 678. The first-order valence-electron chi connectivity index (χ1n) is 6.74. The lowest BCUT2D eigenvalue weighted by molar-refractivity contribution is 0.939. The molecule has 0 amide bonds. The molecule has 0 aliphatic carbocycles. The first-order valence-corrected chi connectivity index (χ1v) is 7.54. The molecule has 2 aromatic rings. The summed E-state index contributed by atoms with van der Waals surface area (Å²) < 4.78 is 0.870. The molecule has 0 saturated heterocycles. The molecule has 5 nitrogen and oxygen atoms in total. The summed E-state index contributed by atoms with van der Waals surface area (Å²) in [5, 5.41) is 15.6. The number of hydrogen-bond donors (Lipinski definition) is 2. The van der Waals surface area contributed by atoms with Gasteiger partial charge in [0, 0.05) is 23.5 Å². The fourth-order valence-electron chi connectivity index (χ4n) is 1.85. The highest BCUT2D eigenvalue weighted by atomic mass is 79.9. The highest BCUT2D eigenvalue weighted by molar-refractivity contribution is 9.10. The van der Waals surface area contributed by atoms with Crippen LogP contribution in [0, 0.1) is 11.3 Å². The number of nitrogens with one attached hydrogen (secondary N) is 2. The number of nitriles is 1. The highest BCUT2D eigenvalue weighted by Crippen LogP contribution is 2.24. The van der Waals surface area contributed by atoms with E-state index in [9.17, 15) is 5.26 Å². The van der Waals surface area contributed by atoms with Crippen LogP contribution in [0.2, 0.25) is 0 Å². The summed E-state index contributed by atoms with van der Waals surface area (Å²) >= 11 is 3.36. The number of aromatic nitrogens is 2. The summed E-state index contributed by atoms with van der Waals surface area (Å²) in [5.74, 6) is 2.21. The minimum atomic E-state index is 0.561. The van der Waals surface area contributed by atoms with Crippen LogP contribution in [0.1, 0.15) is 25.2 Å². The molecule has 0 atom stereocenters. The van der Waals surface area contributed by atoms with Gasteiger partial charge in [-0.15, -0.1) is 0 Å². The van der Waals surface area contributed by atoms with Crippen LogP contribution in [0.25, 0.3) is 0 Å². The van der Waals surface area contributed by atoms with Gasteiger partial charge in [-0.05, 0) is 25.1 Å². The van der Waals surface area contributed by atoms with Crippen molar-refractivity contribution in [2.24, 2.45) is 0 Å². The number of aryl methyl sites for hydroxylation is 1. The Morgan fingerprint density at radius 1 is 1.19 bits per heavy atom. The quantitative estimate of drug-likeness (QED) is 0.860. The van der Waals surface area contributed by atoms with Gasteiger partial charge < -0.3 is 10.6 Å². The monoisotopic (exact) mass is 345 g/mol. The van der Waals surface area contributed by atoms with Gasteiger partial charge in [0.05, 0.1) is 11.3 Å². The molecule has 0 radical (unpaired) electrons. The minimum absolute atomic E-state index is 0.561. The lowest BCUT2D eigenvalue weighted by Gasteiger charge is -2.11. The second-order valence-electron chi connectivity index (χ2n) is 4.37. The number of rotatable bonds is 5. The molecule has 1 aromatic carbocycles. The first-order chi connectivity index (χ1) is 10.2. The molecule has 0 bridgehead atoms. The number of anilines is 3. The molecule has 0 aliphatic rings. The first kappa shape index (κ1) is 15.3. The van der Waals surface area contributed by atoms with Crippen LogP contribution in [-0.2, 0) is 6.42 Å². The number of nitrogens with zero attached hydrogens (tertiary/aromatic N) is 3. The average Bonchev–Trinajstić information content (AvgIpc) is 2.49. The normalized spacial score (nSPS) is 10.0. The standard InChI is InChI=1S/C15H16BrN5/c1-3-13-20-14(18-4-2)8-15(21-13)19-12-6-5-11(16)7-10(12)9-17/h5-8H,3-4H2,1-2H3,(H2,18,19,20,21). The molecule has 21 heavy (non-hydrogen) atoms. The molecule has 6 heteroatoms. The number of halogens is 1. The summed E-state index contributed by atoms with van der Waals surface area (Å²) in [4.78, 5) is 8.85. The van der Waals surface area contributed by atoms with E-state index in [1.165, 1.54) is 0 Å². The molecule has 1 aromatic heterocycles. The Morgan fingerprint density at radius 3 is 2.62 bits per heavy atom. The molecular weight excluding hydrogens is 330 g/mol. The van der Waals surface area contributed by atoms with Crippen molar-refractivity contribution >= 4 is 33.3 Å². The smallest absolute Gasteiger partial charge is 0.136 e. The van der Waals surface area contributed by atoms with Gasteiger partial charge in [-0.25, -0.2) is 9.97 Å². The van der Waals surface area contributed by atoms with E-state index in [-0.39, 0.29) is 0 Å². The topological polar surface area (TPSA) is 73.6 Å². The Balaban J connectivity index is 2.35. The van der Waals surface area contributed by atoms with Gasteiger partial charge in [-0.1, -0.05) is 22.9 Å². The molecule has 0 aliphatic heterocycles. The Hall–Kier alpha value is -2.13. The van der Waals surface area contributed by atoms with Gasteiger partial charge in [-0.2, -0.15) is 5.26 Å². The summed E-state index contributed by atoms with van der Waals surface area (Å²) in [7, 11) is 0. The van der Waals surface area contributed by atoms with Crippen molar-refractivity contribution < 1.29 is 0 Å². The van der Waals surface area contributed by atoms with E-state index < -0.39 is 0 Å². The zero-order chi connectivity index (χ0) is 15.2. The maximum absolute atomic E-state index is 9.20. The van der Waals surface area contributed by atoms with Gasteiger partial charge in [0.1, 0.15) is 23.5 Å². The van der Waals surface area contributed by atoms with E-state index in [0.29, 0.717) is 11.4 Å². The SMILES string of the molecule is CCNc1cc(Nc2ccc(Br)cc2C#N)nc(CC)n1. The van der Waals surface area contributed by atoms with Crippen molar-refractivity contribution in [2.75, 3.05) is 17.2 Å². The van der Waals surface area contributed by atoms with Crippen LogP contribution < -0.4 is 10.6 Å². The van der Waals surface area contributed by atoms with Gasteiger partial charge in [0.2, 0.25) is 0 Å². The van der Waals surface area contributed by atoms with E-state index >= 15 is 0 Å². The Morgan fingerprint density at radius 2 is 1.95 bits per heavy atom.